The number of thiazole rings is 1. The van der Waals surface area contributed by atoms with Crippen molar-refractivity contribution in [2.24, 2.45) is 5.92 Å². The van der Waals surface area contributed by atoms with Crippen LogP contribution in [0.15, 0.2) is 0 Å². The first kappa shape index (κ1) is 14.9. The zero-order valence-electron chi connectivity index (χ0n) is 11.9. The number of likely N-dealkylation sites (tertiary alicyclic amines) is 1. The molecule has 0 aromatic carbocycles. The summed E-state index contributed by atoms with van der Waals surface area (Å²) in [5.41, 5.74) is 0.900. The average Bonchev–Trinajstić information content (AvgIpc) is 2.79. The van der Waals surface area contributed by atoms with Crippen molar-refractivity contribution in [3.05, 3.63) is 15.6 Å². The molecule has 1 N–H and O–H groups in total. The third-order valence-corrected chi connectivity index (χ3v) is 4.77. The molecule has 0 aliphatic carbocycles. The van der Waals surface area contributed by atoms with Gasteiger partial charge in [-0.05, 0) is 25.3 Å². The maximum atomic E-state index is 9.31. The van der Waals surface area contributed by atoms with Crippen LogP contribution in [0.5, 0.6) is 0 Å². The van der Waals surface area contributed by atoms with Gasteiger partial charge >= 0.3 is 0 Å². The Balaban J connectivity index is 1.88. The number of methoxy groups -OCH3 is 1. The number of hydrogen-bond acceptors (Lipinski definition) is 5. The maximum Gasteiger partial charge on any atom is 0.0945 e. The lowest BCUT2D eigenvalue weighted by molar-refractivity contribution is 0.178. The maximum absolute atomic E-state index is 9.31. The van der Waals surface area contributed by atoms with Crippen molar-refractivity contribution in [1.29, 1.82) is 0 Å². The van der Waals surface area contributed by atoms with Crippen LogP contribution in [-0.4, -0.2) is 41.7 Å². The van der Waals surface area contributed by atoms with Gasteiger partial charge in [0.25, 0.3) is 0 Å². The van der Waals surface area contributed by atoms with E-state index in [2.05, 4.69) is 16.8 Å². The van der Waals surface area contributed by atoms with Crippen LogP contribution in [0.1, 0.15) is 35.3 Å². The van der Waals surface area contributed by atoms with E-state index in [4.69, 9.17) is 4.74 Å². The third kappa shape index (κ3) is 4.24. The summed E-state index contributed by atoms with van der Waals surface area (Å²) in [6.07, 6.45) is 3.66. The molecule has 1 aliphatic rings. The first-order chi connectivity index (χ1) is 9.22. The molecule has 1 saturated heterocycles. The quantitative estimate of drug-likeness (QED) is 0.868. The number of aliphatic hydroxyl groups is 1. The smallest absolute Gasteiger partial charge is 0.0945 e. The molecule has 1 aliphatic heterocycles. The highest BCUT2D eigenvalue weighted by molar-refractivity contribution is 7.11. The minimum atomic E-state index is 0.0666. The third-order valence-electron chi connectivity index (χ3n) is 3.63. The molecule has 0 amide bonds. The molecular weight excluding hydrogens is 260 g/mol. The highest BCUT2D eigenvalue weighted by atomic mass is 32.1. The number of nitrogens with zero attached hydrogens (tertiary/aromatic N) is 2. The van der Waals surface area contributed by atoms with Gasteiger partial charge in [0.05, 0.1) is 28.8 Å². The number of ether oxygens (including phenoxy) is 1. The van der Waals surface area contributed by atoms with Gasteiger partial charge in [-0.2, -0.15) is 0 Å². The summed E-state index contributed by atoms with van der Waals surface area (Å²) >= 11 is 1.62. The van der Waals surface area contributed by atoms with E-state index in [0.717, 1.165) is 34.5 Å². The predicted molar refractivity (Wildman–Crippen MR) is 77.3 cm³/mol. The molecule has 0 saturated carbocycles. The largest absolute Gasteiger partial charge is 0.391 e. The topological polar surface area (TPSA) is 45.6 Å². The minimum absolute atomic E-state index is 0.0666. The van der Waals surface area contributed by atoms with Crippen molar-refractivity contribution in [3.63, 3.8) is 0 Å². The molecule has 4 nitrogen and oxygen atoms in total. The molecule has 1 fully saturated rings. The molecule has 1 unspecified atom stereocenters. The average molecular weight is 284 g/mol. The number of aliphatic hydroxyl groups excluding tert-OH is 1. The van der Waals surface area contributed by atoms with E-state index in [1.165, 1.54) is 25.9 Å². The molecule has 2 rings (SSSR count). The van der Waals surface area contributed by atoms with Gasteiger partial charge in [0.1, 0.15) is 0 Å². The van der Waals surface area contributed by atoms with E-state index in [-0.39, 0.29) is 6.61 Å². The molecule has 1 aromatic rings. The predicted octanol–water partition coefficient (Wildman–Crippen LogP) is 2.06. The van der Waals surface area contributed by atoms with Crippen LogP contribution in [0.3, 0.4) is 0 Å². The van der Waals surface area contributed by atoms with Crippen LogP contribution in [-0.2, 0) is 24.4 Å². The van der Waals surface area contributed by atoms with E-state index >= 15 is 0 Å². The molecule has 5 heteroatoms. The van der Waals surface area contributed by atoms with Crippen molar-refractivity contribution in [3.8, 4) is 0 Å². The Morgan fingerprint density at radius 1 is 1.53 bits per heavy atom. The van der Waals surface area contributed by atoms with Crippen LogP contribution in [0.2, 0.25) is 0 Å². The van der Waals surface area contributed by atoms with Crippen molar-refractivity contribution < 1.29 is 9.84 Å². The van der Waals surface area contributed by atoms with Crippen molar-refractivity contribution in [1.82, 2.24) is 9.88 Å². The van der Waals surface area contributed by atoms with E-state index in [1.54, 1.807) is 18.4 Å². The van der Waals surface area contributed by atoms with E-state index < -0.39 is 0 Å². The summed E-state index contributed by atoms with van der Waals surface area (Å²) in [6.45, 7) is 6.40. The fourth-order valence-corrected chi connectivity index (χ4v) is 3.58. The van der Waals surface area contributed by atoms with Crippen molar-refractivity contribution >= 4 is 11.3 Å². The molecule has 0 spiro atoms. The Morgan fingerprint density at radius 2 is 2.37 bits per heavy atom. The van der Waals surface area contributed by atoms with Crippen LogP contribution in [0.4, 0.5) is 0 Å². The Morgan fingerprint density at radius 3 is 3.05 bits per heavy atom. The van der Waals surface area contributed by atoms with Crippen molar-refractivity contribution in [2.75, 3.05) is 26.7 Å². The summed E-state index contributed by atoms with van der Waals surface area (Å²) in [5, 5.41) is 10.4. The molecule has 19 heavy (non-hydrogen) atoms. The van der Waals surface area contributed by atoms with Gasteiger partial charge in [0.2, 0.25) is 0 Å². The Hall–Kier alpha value is -0.490. The SMILES string of the molecule is COCc1nc(CCN2CCCC(C)C2)sc1CO. The standard InChI is InChI=1S/C14H24N2O2S/c1-11-4-3-6-16(8-11)7-5-14-15-12(10-18-2)13(9-17)19-14/h11,17H,3-10H2,1-2H3. The van der Waals surface area contributed by atoms with Crippen LogP contribution in [0.25, 0.3) is 0 Å². The lowest BCUT2D eigenvalue weighted by Gasteiger charge is -2.30. The van der Waals surface area contributed by atoms with Gasteiger partial charge in [-0.1, -0.05) is 6.92 Å². The first-order valence-corrected chi connectivity index (χ1v) is 7.84. The Bertz CT molecular complexity index is 395. The van der Waals surface area contributed by atoms with Crippen LogP contribution in [0, 0.1) is 5.92 Å². The summed E-state index contributed by atoms with van der Waals surface area (Å²) in [5.74, 6) is 0.821. The first-order valence-electron chi connectivity index (χ1n) is 7.02. The number of rotatable bonds is 6. The number of hydrogen-bond donors (Lipinski definition) is 1. The second-order valence-corrected chi connectivity index (χ2v) is 6.53. The normalized spacial score (nSPS) is 20.9. The van der Waals surface area contributed by atoms with Gasteiger partial charge in [-0.3, -0.25) is 0 Å². The van der Waals surface area contributed by atoms with Crippen LogP contribution >= 0.6 is 11.3 Å². The van der Waals surface area contributed by atoms with E-state index in [9.17, 15) is 5.11 Å². The zero-order chi connectivity index (χ0) is 13.7. The van der Waals surface area contributed by atoms with Gasteiger partial charge in [-0.15, -0.1) is 11.3 Å². The monoisotopic (exact) mass is 284 g/mol. The highest BCUT2D eigenvalue weighted by Crippen LogP contribution is 2.21. The minimum Gasteiger partial charge on any atom is -0.391 e. The lowest BCUT2D eigenvalue weighted by Crippen LogP contribution is -2.35. The molecule has 2 heterocycles. The van der Waals surface area contributed by atoms with Gasteiger partial charge in [0, 0.05) is 26.6 Å². The summed E-state index contributed by atoms with van der Waals surface area (Å²) in [4.78, 5) is 8.06. The fraction of sp³-hybridized carbons (Fsp3) is 0.786. The number of piperidine rings is 1. The zero-order valence-corrected chi connectivity index (χ0v) is 12.7. The summed E-state index contributed by atoms with van der Waals surface area (Å²) in [7, 11) is 1.66. The van der Waals surface area contributed by atoms with Crippen molar-refractivity contribution in [2.45, 2.75) is 39.4 Å². The molecule has 0 bridgehead atoms. The van der Waals surface area contributed by atoms with Gasteiger partial charge < -0.3 is 14.7 Å². The van der Waals surface area contributed by atoms with Gasteiger partial charge in [-0.25, -0.2) is 4.98 Å². The summed E-state index contributed by atoms with van der Waals surface area (Å²) in [6, 6.07) is 0. The molecule has 108 valence electrons. The lowest BCUT2D eigenvalue weighted by atomic mass is 10.0. The molecule has 1 aromatic heterocycles. The second-order valence-electron chi connectivity index (χ2n) is 5.37. The second kappa shape index (κ2) is 7.33. The van der Waals surface area contributed by atoms with E-state index in [0.29, 0.717) is 6.61 Å². The number of aromatic nitrogens is 1. The highest BCUT2D eigenvalue weighted by Gasteiger charge is 2.17. The van der Waals surface area contributed by atoms with E-state index in [1.807, 2.05) is 0 Å². The molecule has 0 radical (unpaired) electrons. The molecular formula is C14H24N2O2S. The summed E-state index contributed by atoms with van der Waals surface area (Å²) < 4.78 is 5.11. The molecule has 1 atom stereocenters. The van der Waals surface area contributed by atoms with Crippen LogP contribution < -0.4 is 0 Å². The van der Waals surface area contributed by atoms with Gasteiger partial charge in [0.15, 0.2) is 0 Å². The Kier molecular flexibility index (Phi) is 5.76. The Labute approximate surface area is 119 Å². The fourth-order valence-electron chi connectivity index (χ4n) is 2.66.